The van der Waals surface area contributed by atoms with Gasteiger partial charge in [-0.05, 0) is 18.8 Å². The lowest BCUT2D eigenvalue weighted by atomic mass is 10.1. The number of carbonyl (C=O) groups is 6. The molecule has 0 rings (SSSR count). The molecule has 30 heavy (non-hydrogen) atoms. The third-order valence-electron chi connectivity index (χ3n) is 4.04. The highest BCUT2D eigenvalue weighted by atomic mass is 16.4. The number of hydrogen-bond donors (Lipinski definition) is 7. The molecule has 4 amide bonds. The molecule has 0 bridgehead atoms. The second-order valence-corrected chi connectivity index (χ2v) is 6.94. The van der Waals surface area contributed by atoms with Gasteiger partial charge in [0.15, 0.2) is 0 Å². The van der Waals surface area contributed by atoms with E-state index in [4.69, 9.17) is 21.7 Å². The minimum absolute atomic E-state index is 0.171. The van der Waals surface area contributed by atoms with Crippen LogP contribution in [0, 0.1) is 5.92 Å². The number of nitrogens with one attached hydrogen (secondary N) is 3. The molecule has 9 N–H and O–H groups in total. The summed E-state index contributed by atoms with van der Waals surface area (Å²) in [6.07, 6.45) is -1.39. The molecule has 170 valence electrons. The van der Waals surface area contributed by atoms with E-state index in [0.717, 1.165) is 0 Å². The second-order valence-electron chi connectivity index (χ2n) is 6.94. The highest BCUT2D eigenvalue weighted by Gasteiger charge is 2.27. The Bertz CT molecular complexity index is 667. The van der Waals surface area contributed by atoms with Crippen LogP contribution in [-0.2, 0) is 28.8 Å². The van der Waals surface area contributed by atoms with E-state index in [9.17, 15) is 28.8 Å². The molecule has 0 saturated carbocycles. The highest BCUT2D eigenvalue weighted by Crippen LogP contribution is 2.03. The van der Waals surface area contributed by atoms with Gasteiger partial charge in [0.1, 0.15) is 12.1 Å². The van der Waals surface area contributed by atoms with Gasteiger partial charge in [0.05, 0.1) is 12.6 Å². The number of amides is 4. The molecular weight excluding hydrogens is 402 g/mol. The van der Waals surface area contributed by atoms with Crippen molar-refractivity contribution >= 4 is 35.6 Å². The zero-order chi connectivity index (χ0) is 23.4. The summed E-state index contributed by atoms with van der Waals surface area (Å²) in [5.41, 5.74) is 10.6. The van der Waals surface area contributed by atoms with Crippen LogP contribution < -0.4 is 27.4 Å². The third-order valence-corrected chi connectivity index (χ3v) is 4.04. The van der Waals surface area contributed by atoms with Gasteiger partial charge in [-0.3, -0.25) is 24.0 Å². The van der Waals surface area contributed by atoms with Gasteiger partial charge in [0.2, 0.25) is 23.6 Å². The van der Waals surface area contributed by atoms with Gasteiger partial charge < -0.3 is 37.6 Å². The summed E-state index contributed by atoms with van der Waals surface area (Å²) in [7, 11) is 0. The summed E-state index contributed by atoms with van der Waals surface area (Å²) in [5.74, 6) is -5.92. The maximum absolute atomic E-state index is 12.4. The van der Waals surface area contributed by atoms with Crippen molar-refractivity contribution in [3.05, 3.63) is 0 Å². The van der Waals surface area contributed by atoms with E-state index in [1.54, 1.807) is 13.8 Å². The van der Waals surface area contributed by atoms with E-state index >= 15 is 0 Å². The van der Waals surface area contributed by atoms with Crippen molar-refractivity contribution in [2.75, 3.05) is 6.54 Å². The Morgan fingerprint density at radius 3 is 1.90 bits per heavy atom. The van der Waals surface area contributed by atoms with Crippen molar-refractivity contribution in [2.45, 2.75) is 57.7 Å². The number of carbonyl (C=O) groups excluding carboxylic acids is 4. The molecule has 13 heteroatoms. The lowest BCUT2D eigenvalue weighted by Gasteiger charge is -2.21. The molecule has 0 aromatic heterocycles. The zero-order valence-electron chi connectivity index (χ0n) is 16.8. The largest absolute Gasteiger partial charge is 0.481 e. The first-order valence-corrected chi connectivity index (χ1v) is 9.21. The number of rotatable bonds is 14. The third kappa shape index (κ3) is 10.9. The summed E-state index contributed by atoms with van der Waals surface area (Å²) in [4.78, 5) is 69.1. The summed E-state index contributed by atoms with van der Waals surface area (Å²) in [5, 5.41) is 24.7. The first-order valence-electron chi connectivity index (χ1n) is 9.21. The van der Waals surface area contributed by atoms with Crippen molar-refractivity contribution in [3.63, 3.8) is 0 Å². The molecule has 0 heterocycles. The Hall–Kier alpha value is -3.22. The number of nitrogens with two attached hydrogens (primary N) is 2. The topological polar surface area (TPSA) is 231 Å². The number of carboxylic acid groups (broad SMARTS) is 2. The Labute approximate surface area is 172 Å². The zero-order valence-corrected chi connectivity index (χ0v) is 16.8. The Balaban J connectivity index is 5.02. The van der Waals surface area contributed by atoms with E-state index in [1.165, 1.54) is 0 Å². The first-order chi connectivity index (χ1) is 13.8. The lowest BCUT2D eigenvalue weighted by molar-refractivity contribution is -0.143. The number of primary amides is 1. The predicted molar refractivity (Wildman–Crippen MR) is 103 cm³/mol. The molecule has 3 atom stereocenters. The van der Waals surface area contributed by atoms with Gasteiger partial charge in [-0.25, -0.2) is 4.79 Å². The first kappa shape index (κ1) is 26.8. The highest BCUT2D eigenvalue weighted by molar-refractivity contribution is 5.92. The van der Waals surface area contributed by atoms with Crippen LogP contribution in [0.4, 0.5) is 0 Å². The molecule has 13 nitrogen and oxygen atoms in total. The fraction of sp³-hybridized carbons (Fsp3) is 0.647. The Kier molecular flexibility index (Phi) is 11.7. The molecular formula is C17H29N5O8. The number of carboxylic acids is 2. The van der Waals surface area contributed by atoms with Gasteiger partial charge in [0, 0.05) is 12.8 Å². The van der Waals surface area contributed by atoms with Crippen LogP contribution in [0.5, 0.6) is 0 Å². The van der Waals surface area contributed by atoms with Crippen molar-refractivity contribution in [1.82, 2.24) is 16.0 Å². The summed E-state index contributed by atoms with van der Waals surface area (Å²) in [6.45, 7) is 2.92. The monoisotopic (exact) mass is 431 g/mol. The van der Waals surface area contributed by atoms with Crippen molar-refractivity contribution in [3.8, 4) is 0 Å². The van der Waals surface area contributed by atoms with Crippen LogP contribution in [0.3, 0.4) is 0 Å². The van der Waals surface area contributed by atoms with Gasteiger partial charge >= 0.3 is 11.9 Å². The van der Waals surface area contributed by atoms with Gasteiger partial charge in [-0.1, -0.05) is 13.8 Å². The van der Waals surface area contributed by atoms with Crippen LogP contribution in [0.1, 0.15) is 39.5 Å². The van der Waals surface area contributed by atoms with Gasteiger partial charge in [-0.15, -0.1) is 0 Å². The van der Waals surface area contributed by atoms with E-state index in [1.807, 2.05) is 0 Å². The maximum Gasteiger partial charge on any atom is 0.326 e. The Morgan fingerprint density at radius 1 is 0.867 bits per heavy atom. The normalized spacial score (nSPS) is 13.6. The molecule has 0 aliphatic rings. The van der Waals surface area contributed by atoms with E-state index in [-0.39, 0.29) is 25.2 Å². The predicted octanol–water partition coefficient (Wildman–Crippen LogP) is -2.73. The van der Waals surface area contributed by atoms with Crippen LogP contribution in [-0.4, -0.2) is 70.5 Å². The quantitative estimate of drug-likeness (QED) is 0.151. The fourth-order valence-electron chi connectivity index (χ4n) is 2.19. The standard InChI is InChI=1S/C17H29N5O8/c1-8(2)14(19)16(28)20-7-12(24)21-9(4-6-13(25)26)15(27)22-10(17(29)30)3-5-11(18)23/h8-10,14H,3-7,19H2,1-2H3,(H2,18,23)(H,20,28)(H,21,24)(H,22,27)(H,25,26)(H,29,30). The Morgan fingerprint density at radius 2 is 1.43 bits per heavy atom. The van der Waals surface area contributed by atoms with Crippen molar-refractivity contribution in [1.29, 1.82) is 0 Å². The van der Waals surface area contributed by atoms with Gasteiger partial charge in [-0.2, -0.15) is 0 Å². The van der Waals surface area contributed by atoms with Crippen molar-refractivity contribution in [2.24, 2.45) is 17.4 Å². The SMILES string of the molecule is CC(C)C(N)C(=O)NCC(=O)NC(CCC(=O)O)C(=O)NC(CCC(N)=O)C(=O)O. The molecule has 0 aliphatic heterocycles. The summed E-state index contributed by atoms with van der Waals surface area (Å²) in [6, 6.07) is -3.68. The van der Waals surface area contributed by atoms with Crippen LogP contribution in [0.15, 0.2) is 0 Å². The summed E-state index contributed by atoms with van der Waals surface area (Å²) >= 11 is 0. The second kappa shape index (κ2) is 13.1. The maximum atomic E-state index is 12.4. The molecule has 0 aromatic carbocycles. The number of hydrogen-bond acceptors (Lipinski definition) is 7. The molecule has 0 radical (unpaired) electrons. The lowest BCUT2D eigenvalue weighted by Crippen LogP contribution is -2.54. The molecule has 0 aliphatic carbocycles. The van der Waals surface area contributed by atoms with E-state index < -0.39 is 66.7 Å². The smallest absolute Gasteiger partial charge is 0.326 e. The molecule has 0 fully saturated rings. The fourth-order valence-corrected chi connectivity index (χ4v) is 2.19. The van der Waals surface area contributed by atoms with Gasteiger partial charge in [0.25, 0.3) is 0 Å². The molecule has 0 saturated heterocycles. The minimum Gasteiger partial charge on any atom is -0.481 e. The van der Waals surface area contributed by atoms with Crippen LogP contribution >= 0.6 is 0 Å². The summed E-state index contributed by atoms with van der Waals surface area (Å²) < 4.78 is 0. The molecule has 0 spiro atoms. The molecule has 3 unspecified atom stereocenters. The van der Waals surface area contributed by atoms with E-state index in [2.05, 4.69) is 16.0 Å². The van der Waals surface area contributed by atoms with Crippen LogP contribution in [0.2, 0.25) is 0 Å². The van der Waals surface area contributed by atoms with Crippen molar-refractivity contribution < 1.29 is 39.0 Å². The minimum atomic E-state index is -1.46. The van der Waals surface area contributed by atoms with Crippen LogP contribution in [0.25, 0.3) is 0 Å². The average molecular weight is 431 g/mol. The van der Waals surface area contributed by atoms with E-state index in [0.29, 0.717) is 0 Å². The average Bonchev–Trinajstić information content (AvgIpc) is 2.64. The molecule has 0 aromatic rings. The number of aliphatic carboxylic acids is 2.